The Morgan fingerprint density at radius 3 is 2.12 bits per heavy atom. The minimum absolute atomic E-state index is 0.606. The van der Waals surface area contributed by atoms with E-state index in [9.17, 15) is 0 Å². The molecule has 2 heteroatoms. The molecule has 0 aliphatic rings. The highest BCUT2D eigenvalue weighted by Gasteiger charge is 1.98. The fraction of sp³-hybridized carbons (Fsp3) is 0.217. The lowest BCUT2D eigenvalue weighted by Crippen LogP contribution is -2.16. The van der Waals surface area contributed by atoms with Crippen molar-refractivity contribution in [3.63, 3.8) is 0 Å². The summed E-state index contributed by atoms with van der Waals surface area (Å²) >= 11 is 0. The molecule has 0 aliphatic heterocycles. The van der Waals surface area contributed by atoms with Crippen molar-refractivity contribution >= 4 is 0 Å². The van der Waals surface area contributed by atoms with Crippen LogP contribution in [0.4, 0.5) is 0 Å². The molecule has 0 fully saturated rings. The van der Waals surface area contributed by atoms with Crippen LogP contribution in [0.3, 0.4) is 0 Å². The minimum atomic E-state index is 0.606. The third-order valence-corrected chi connectivity index (χ3v) is 4.21. The third kappa shape index (κ3) is 5.77. The standard InChI is InChI=1S/C23H25NO/c1-19-7-9-22(10-8-19)18-25-23-13-11-21(12-14-23)17-24-16-15-20-5-3-2-4-6-20/h2-14,24H,15-18H2,1H3. The molecule has 0 bridgehead atoms. The molecule has 25 heavy (non-hydrogen) atoms. The van der Waals surface area contributed by atoms with Crippen molar-refractivity contribution in [2.75, 3.05) is 6.54 Å². The molecule has 0 aromatic heterocycles. The minimum Gasteiger partial charge on any atom is -0.489 e. The van der Waals surface area contributed by atoms with Crippen molar-refractivity contribution in [1.82, 2.24) is 5.32 Å². The number of benzene rings is 3. The van der Waals surface area contributed by atoms with Gasteiger partial charge >= 0.3 is 0 Å². The van der Waals surface area contributed by atoms with Crippen LogP contribution in [0.25, 0.3) is 0 Å². The number of ether oxygens (including phenoxy) is 1. The van der Waals surface area contributed by atoms with Crippen LogP contribution >= 0.6 is 0 Å². The predicted octanol–water partition coefficient (Wildman–Crippen LogP) is 4.91. The van der Waals surface area contributed by atoms with Crippen molar-refractivity contribution in [1.29, 1.82) is 0 Å². The maximum atomic E-state index is 5.85. The van der Waals surface area contributed by atoms with Crippen LogP contribution in [0, 0.1) is 6.92 Å². The molecule has 0 aliphatic carbocycles. The second-order valence-corrected chi connectivity index (χ2v) is 6.33. The Balaban J connectivity index is 1.40. The molecule has 3 rings (SSSR count). The van der Waals surface area contributed by atoms with Gasteiger partial charge in [0.1, 0.15) is 12.4 Å². The van der Waals surface area contributed by atoms with E-state index in [1.165, 1.54) is 22.3 Å². The molecular formula is C23H25NO. The predicted molar refractivity (Wildman–Crippen MR) is 104 cm³/mol. The molecule has 0 spiro atoms. The monoisotopic (exact) mass is 331 g/mol. The van der Waals surface area contributed by atoms with Gasteiger partial charge in [-0.2, -0.15) is 0 Å². The molecular weight excluding hydrogens is 306 g/mol. The summed E-state index contributed by atoms with van der Waals surface area (Å²) in [5, 5.41) is 3.49. The fourth-order valence-electron chi connectivity index (χ4n) is 2.66. The second kappa shape index (κ2) is 9.05. The lowest BCUT2D eigenvalue weighted by molar-refractivity contribution is 0.306. The van der Waals surface area contributed by atoms with Crippen molar-refractivity contribution in [3.05, 3.63) is 101 Å². The largest absolute Gasteiger partial charge is 0.489 e. The van der Waals surface area contributed by atoms with Gasteiger partial charge in [0.2, 0.25) is 0 Å². The van der Waals surface area contributed by atoms with Crippen LogP contribution in [0.2, 0.25) is 0 Å². The van der Waals surface area contributed by atoms with E-state index in [2.05, 4.69) is 79.0 Å². The molecule has 0 radical (unpaired) electrons. The SMILES string of the molecule is Cc1ccc(COc2ccc(CNCCc3ccccc3)cc2)cc1. The van der Waals surface area contributed by atoms with Gasteiger partial charge in [-0.25, -0.2) is 0 Å². The van der Waals surface area contributed by atoms with E-state index in [-0.39, 0.29) is 0 Å². The second-order valence-electron chi connectivity index (χ2n) is 6.33. The van der Waals surface area contributed by atoms with Gasteiger partial charge in [0.15, 0.2) is 0 Å². The van der Waals surface area contributed by atoms with Gasteiger partial charge in [0, 0.05) is 6.54 Å². The van der Waals surface area contributed by atoms with Gasteiger partial charge < -0.3 is 10.1 Å². The zero-order valence-corrected chi connectivity index (χ0v) is 14.7. The number of rotatable bonds is 8. The molecule has 0 saturated carbocycles. The number of aryl methyl sites for hydroxylation is 1. The van der Waals surface area contributed by atoms with E-state index in [1.54, 1.807) is 0 Å². The summed E-state index contributed by atoms with van der Waals surface area (Å²) < 4.78 is 5.85. The summed E-state index contributed by atoms with van der Waals surface area (Å²) in [5.41, 5.74) is 5.11. The molecule has 0 amide bonds. The summed E-state index contributed by atoms with van der Waals surface area (Å²) in [5.74, 6) is 0.911. The Kier molecular flexibility index (Phi) is 6.24. The van der Waals surface area contributed by atoms with Crippen LogP contribution in [-0.2, 0) is 19.6 Å². The first-order valence-electron chi connectivity index (χ1n) is 8.81. The van der Waals surface area contributed by atoms with Crippen LogP contribution in [0.5, 0.6) is 5.75 Å². The van der Waals surface area contributed by atoms with Gasteiger partial charge in [-0.05, 0) is 48.7 Å². The van der Waals surface area contributed by atoms with E-state index in [1.807, 2.05) is 12.1 Å². The van der Waals surface area contributed by atoms with E-state index in [0.29, 0.717) is 6.61 Å². The van der Waals surface area contributed by atoms with Gasteiger partial charge in [-0.3, -0.25) is 0 Å². The highest BCUT2D eigenvalue weighted by atomic mass is 16.5. The number of nitrogens with one attached hydrogen (secondary N) is 1. The topological polar surface area (TPSA) is 21.3 Å². The normalized spacial score (nSPS) is 10.6. The first-order valence-corrected chi connectivity index (χ1v) is 8.81. The highest BCUT2D eigenvalue weighted by molar-refractivity contribution is 5.28. The van der Waals surface area contributed by atoms with E-state index < -0.39 is 0 Å². The maximum absolute atomic E-state index is 5.85. The van der Waals surface area contributed by atoms with Crippen LogP contribution < -0.4 is 10.1 Å². The average molecular weight is 331 g/mol. The lowest BCUT2D eigenvalue weighted by Gasteiger charge is -2.09. The summed E-state index contributed by atoms with van der Waals surface area (Å²) in [7, 11) is 0. The van der Waals surface area contributed by atoms with Gasteiger partial charge in [-0.1, -0.05) is 72.3 Å². The Bertz CT molecular complexity index is 748. The zero-order valence-electron chi connectivity index (χ0n) is 14.7. The molecule has 0 atom stereocenters. The van der Waals surface area contributed by atoms with Gasteiger partial charge in [-0.15, -0.1) is 0 Å². The molecule has 1 N–H and O–H groups in total. The zero-order chi connectivity index (χ0) is 17.3. The van der Waals surface area contributed by atoms with Gasteiger partial charge in [0.25, 0.3) is 0 Å². The van der Waals surface area contributed by atoms with Crippen molar-refractivity contribution in [3.8, 4) is 5.75 Å². The van der Waals surface area contributed by atoms with Crippen LogP contribution in [0.1, 0.15) is 22.3 Å². The quantitative estimate of drug-likeness (QED) is 0.592. The smallest absolute Gasteiger partial charge is 0.119 e. The van der Waals surface area contributed by atoms with E-state index in [0.717, 1.165) is 25.3 Å². The molecule has 0 saturated heterocycles. The average Bonchev–Trinajstić information content (AvgIpc) is 2.67. The van der Waals surface area contributed by atoms with E-state index >= 15 is 0 Å². The molecule has 3 aromatic rings. The van der Waals surface area contributed by atoms with Crippen molar-refractivity contribution in [2.24, 2.45) is 0 Å². The van der Waals surface area contributed by atoms with E-state index in [4.69, 9.17) is 4.74 Å². The third-order valence-electron chi connectivity index (χ3n) is 4.21. The molecule has 3 aromatic carbocycles. The number of hydrogen-bond donors (Lipinski definition) is 1. The maximum Gasteiger partial charge on any atom is 0.119 e. The fourth-order valence-corrected chi connectivity index (χ4v) is 2.66. The van der Waals surface area contributed by atoms with Gasteiger partial charge in [0.05, 0.1) is 0 Å². The highest BCUT2D eigenvalue weighted by Crippen LogP contribution is 2.14. The molecule has 2 nitrogen and oxygen atoms in total. The molecule has 128 valence electrons. The van der Waals surface area contributed by atoms with Crippen molar-refractivity contribution < 1.29 is 4.74 Å². The first kappa shape index (κ1) is 17.2. The number of hydrogen-bond acceptors (Lipinski definition) is 2. The summed E-state index contributed by atoms with van der Waals surface area (Å²) in [4.78, 5) is 0. The Morgan fingerprint density at radius 1 is 0.720 bits per heavy atom. The Morgan fingerprint density at radius 2 is 1.40 bits per heavy atom. The summed E-state index contributed by atoms with van der Waals surface area (Å²) in [6.07, 6.45) is 1.05. The lowest BCUT2D eigenvalue weighted by atomic mass is 10.1. The molecule has 0 unspecified atom stereocenters. The Hall–Kier alpha value is -2.58. The van der Waals surface area contributed by atoms with Crippen LogP contribution in [0.15, 0.2) is 78.9 Å². The summed E-state index contributed by atoms with van der Waals surface area (Å²) in [6, 6.07) is 27.4. The molecule has 0 heterocycles. The Labute approximate surface area is 150 Å². The first-order chi connectivity index (χ1) is 12.3. The van der Waals surface area contributed by atoms with Crippen molar-refractivity contribution in [2.45, 2.75) is 26.5 Å². The summed E-state index contributed by atoms with van der Waals surface area (Å²) in [6.45, 7) is 4.56. The van der Waals surface area contributed by atoms with Crippen LogP contribution in [-0.4, -0.2) is 6.54 Å².